The number of hydrogen-bond donors (Lipinski definition) is 2. The van der Waals surface area contributed by atoms with Gasteiger partial charge >= 0.3 is 0 Å². The number of nitrogens with two attached hydrogens (primary N) is 1. The van der Waals surface area contributed by atoms with Crippen LogP contribution in [0.5, 0.6) is 0 Å². The van der Waals surface area contributed by atoms with Gasteiger partial charge in [-0.25, -0.2) is 0 Å². The Balaban J connectivity index is 2.48. The molecule has 0 saturated heterocycles. The Labute approximate surface area is 96.0 Å². The summed E-state index contributed by atoms with van der Waals surface area (Å²) in [6.45, 7) is 8.46. The largest absolute Gasteiger partial charge is 0.382 e. The fraction of sp³-hybridized carbons (Fsp3) is 0.636. The van der Waals surface area contributed by atoms with E-state index >= 15 is 0 Å². The molecule has 1 atom stereocenters. The predicted octanol–water partition coefficient (Wildman–Crippen LogP) is 1.02. The molecule has 1 aromatic rings. The molecule has 0 aliphatic heterocycles. The van der Waals surface area contributed by atoms with E-state index in [1.54, 1.807) is 12.3 Å². The van der Waals surface area contributed by atoms with Crippen LogP contribution in [0.1, 0.15) is 27.7 Å². The third kappa shape index (κ3) is 3.56. The summed E-state index contributed by atoms with van der Waals surface area (Å²) in [5.41, 5.74) is 5.52. The van der Waals surface area contributed by atoms with E-state index in [0.717, 1.165) is 0 Å². The standard InChI is InChI=1S/C11H20N4O/c1-8(11(2,3)4)13-10(16)7-15-6-5-9(12)14-15/h5-6,8H,7H2,1-4H3,(H2,12,14)(H,13,16). The molecule has 0 fully saturated rings. The van der Waals surface area contributed by atoms with Gasteiger partial charge in [0.05, 0.1) is 0 Å². The molecule has 0 aliphatic carbocycles. The Bertz CT molecular complexity index is 364. The number of nitrogens with zero attached hydrogens (tertiary/aromatic N) is 2. The van der Waals surface area contributed by atoms with Crippen molar-refractivity contribution in [2.24, 2.45) is 5.41 Å². The van der Waals surface area contributed by atoms with E-state index in [-0.39, 0.29) is 23.9 Å². The number of amides is 1. The third-order valence-electron chi connectivity index (χ3n) is 2.64. The van der Waals surface area contributed by atoms with Crippen LogP contribution in [0.4, 0.5) is 5.82 Å². The summed E-state index contributed by atoms with van der Waals surface area (Å²) in [6.07, 6.45) is 1.69. The van der Waals surface area contributed by atoms with Gasteiger partial charge in [0, 0.05) is 12.2 Å². The summed E-state index contributed by atoms with van der Waals surface area (Å²) in [7, 11) is 0. The minimum absolute atomic E-state index is 0.0504. The molecule has 0 bridgehead atoms. The molecule has 1 rings (SSSR count). The van der Waals surface area contributed by atoms with E-state index in [9.17, 15) is 4.79 Å². The third-order valence-corrected chi connectivity index (χ3v) is 2.64. The fourth-order valence-corrected chi connectivity index (χ4v) is 1.12. The smallest absolute Gasteiger partial charge is 0.241 e. The Kier molecular flexibility index (Phi) is 3.57. The van der Waals surface area contributed by atoms with E-state index in [1.807, 2.05) is 6.92 Å². The van der Waals surface area contributed by atoms with Crippen molar-refractivity contribution in [3.8, 4) is 0 Å². The van der Waals surface area contributed by atoms with Gasteiger partial charge in [0.2, 0.25) is 5.91 Å². The summed E-state index contributed by atoms with van der Waals surface area (Å²) in [5.74, 6) is 0.377. The highest BCUT2D eigenvalue weighted by molar-refractivity contribution is 5.76. The minimum atomic E-state index is -0.0504. The Morgan fingerprint density at radius 2 is 2.25 bits per heavy atom. The number of nitrogens with one attached hydrogen (secondary N) is 1. The van der Waals surface area contributed by atoms with Gasteiger partial charge in [-0.15, -0.1) is 0 Å². The zero-order valence-electron chi connectivity index (χ0n) is 10.3. The van der Waals surface area contributed by atoms with E-state index in [0.29, 0.717) is 5.82 Å². The van der Waals surface area contributed by atoms with Crippen molar-refractivity contribution in [2.45, 2.75) is 40.3 Å². The molecule has 16 heavy (non-hydrogen) atoms. The van der Waals surface area contributed by atoms with E-state index < -0.39 is 0 Å². The minimum Gasteiger partial charge on any atom is -0.382 e. The highest BCUT2D eigenvalue weighted by atomic mass is 16.2. The van der Waals surface area contributed by atoms with E-state index in [1.165, 1.54) is 4.68 Å². The molecule has 0 aromatic carbocycles. The van der Waals surface area contributed by atoms with Crippen molar-refractivity contribution >= 4 is 11.7 Å². The number of nitrogen functional groups attached to an aromatic ring is 1. The first kappa shape index (κ1) is 12.5. The number of anilines is 1. The van der Waals surface area contributed by atoms with Crippen LogP contribution in [-0.4, -0.2) is 21.7 Å². The fourth-order valence-electron chi connectivity index (χ4n) is 1.12. The lowest BCUT2D eigenvalue weighted by molar-refractivity contribution is -0.123. The Morgan fingerprint density at radius 1 is 1.62 bits per heavy atom. The second-order valence-corrected chi connectivity index (χ2v) is 5.09. The molecule has 1 unspecified atom stereocenters. The van der Waals surface area contributed by atoms with Crippen LogP contribution in [0.3, 0.4) is 0 Å². The zero-order chi connectivity index (χ0) is 12.3. The lowest BCUT2D eigenvalue weighted by Crippen LogP contribution is -2.42. The summed E-state index contributed by atoms with van der Waals surface area (Å²) in [6, 6.07) is 1.79. The number of hydrogen-bond acceptors (Lipinski definition) is 3. The van der Waals surface area contributed by atoms with E-state index in [4.69, 9.17) is 5.73 Å². The van der Waals surface area contributed by atoms with Crippen molar-refractivity contribution in [1.29, 1.82) is 0 Å². The number of rotatable bonds is 3. The predicted molar refractivity (Wildman–Crippen MR) is 63.7 cm³/mol. The highest BCUT2D eigenvalue weighted by Gasteiger charge is 2.21. The second kappa shape index (κ2) is 4.55. The molecule has 5 nitrogen and oxygen atoms in total. The lowest BCUT2D eigenvalue weighted by Gasteiger charge is -2.28. The van der Waals surface area contributed by atoms with Crippen LogP contribution in [0.2, 0.25) is 0 Å². The zero-order valence-corrected chi connectivity index (χ0v) is 10.3. The Morgan fingerprint density at radius 3 is 2.69 bits per heavy atom. The first-order valence-electron chi connectivity index (χ1n) is 5.37. The number of carbonyl (C=O) groups is 1. The van der Waals surface area contributed by atoms with Crippen molar-refractivity contribution < 1.29 is 4.79 Å². The first-order chi connectivity index (χ1) is 7.29. The quantitative estimate of drug-likeness (QED) is 0.805. The van der Waals surface area contributed by atoms with Crippen LogP contribution in [0, 0.1) is 5.41 Å². The molecule has 1 amide bonds. The normalized spacial score (nSPS) is 13.5. The topological polar surface area (TPSA) is 72.9 Å². The molecular formula is C11H20N4O. The molecule has 5 heteroatoms. The van der Waals surface area contributed by atoms with Crippen molar-refractivity contribution in [3.63, 3.8) is 0 Å². The Hall–Kier alpha value is -1.52. The average molecular weight is 224 g/mol. The molecule has 0 spiro atoms. The average Bonchev–Trinajstić information content (AvgIpc) is 2.49. The van der Waals surface area contributed by atoms with Gasteiger partial charge in [-0.1, -0.05) is 20.8 Å². The van der Waals surface area contributed by atoms with E-state index in [2.05, 4.69) is 31.2 Å². The van der Waals surface area contributed by atoms with Crippen LogP contribution < -0.4 is 11.1 Å². The molecule has 0 radical (unpaired) electrons. The van der Waals surface area contributed by atoms with Crippen LogP contribution >= 0.6 is 0 Å². The highest BCUT2D eigenvalue weighted by Crippen LogP contribution is 2.18. The number of carbonyl (C=O) groups excluding carboxylic acids is 1. The van der Waals surface area contributed by atoms with Gasteiger partial charge in [-0.05, 0) is 18.4 Å². The molecule has 90 valence electrons. The van der Waals surface area contributed by atoms with Crippen molar-refractivity contribution in [3.05, 3.63) is 12.3 Å². The number of aromatic nitrogens is 2. The van der Waals surface area contributed by atoms with Gasteiger partial charge in [-0.2, -0.15) is 5.10 Å². The summed E-state index contributed by atoms with van der Waals surface area (Å²) in [5, 5.41) is 6.89. The molecular weight excluding hydrogens is 204 g/mol. The van der Waals surface area contributed by atoms with Crippen LogP contribution in [0.15, 0.2) is 12.3 Å². The molecule has 0 saturated carbocycles. The monoisotopic (exact) mass is 224 g/mol. The van der Waals surface area contributed by atoms with Crippen molar-refractivity contribution in [2.75, 3.05) is 5.73 Å². The van der Waals surface area contributed by atoms with Gasteiger partial charge < -0.3 is 11.1 Å². The van der Waals surface area contributed by atoms with Gasteiger partial charge in [0.1, 0.15) is 12.4 Å². The first-order valence-corrected chi connectivity index (χ1v) is 5.37. The lowest BCUT2D eigenvalue weighted by atomic mass is 9.88. The molecule has 1 aromatic heterocycles. The SMILES string of the molecule is CC(NC(=O)Cn1ccc(N)n1)C(C)(C)C. The van der Waals surface area contributed by atoms with Gasteiger partial charge in [0.15, 0.2) is 0 Å². The summed E-state index contributed by atoms with van der Waals surface area (Å²) < 4.78 is 1.53. The summed E-state index contributed by atoms with van der Waals surface area (Å²) in [4.78, 5) is 11.7. The maximum Gasteiger partial charge on any atom is 0.241 e. The molecule has 1 heterocycles. The summed E-state index contributed by atoms with van der Waals surface area (Å²) >= 11 is 0. The maximum atomic E-state index is 11.7. The van der Waals surface area contributed by atoms with Crippen LogP contribution in [0.25, 0.3) is 0 Å². The second-order valence-electron chi connectivity index (χ2n) is 5.09. The molecule has 0 aliphatic rings. The van der Waals surface area contributed by atoms with Crippen LogP contribution in [-0.2, 0) is 11.3 Å². The van der Waals surface area contributed by atoms with Gasteiger partial charge in [0.25, 0.3) is 0 Å². The van der Waals surface area contributed by atoms with Crippen molar-refractivity contribution in [1.82, 2.24) is 15.1 Å². The molecule has 3 N–H and O–H groups in total. The van der Waals surface area contributed by atoms with Gasteiger partial charge in [-0.3, -0.25) is 9.48 Å². The maximum absolute atomic E-state index is 11.7.